The van der Waals surface area contributed by atoms with E-state index in [9.17, 15) is 8.42 Å². The van der Waals surface area contributed by atoms with E-state index in [4.69, 9.17) is 16.3 Å². The van der Waals surface area contributed by atoms with Crippen LogP contribution in [0.3, 0.4) is 0 Å². The van der Waals surface area contributed by atoms with Crippen LogP contribution in [-0.4, -0.2) is 40.3 Å². The van der Waals surface area contributed by atoms with Crippen molar-refractivity contribution >= 4 is 27.4 Å². The smallest absolute Gasteiger partial charge is 0.191 e. The highest BCUT2D eigenvalue weighted by atomic mass is 35.5. The Kier molecular flexibility index (Phi) is 8.95. The Balaban J connectivity index is 1.84. The summed E-state index contributed by atoms with van der Waals surface area (Å²) in [5.74, 6) is 0.687. The summed E-state index contributed by atoms with van der Waals surface area (Å²) < 4.78 is 29.1. The molecule has 29 heavy (non-hydrogen) atoms. The highest BCUT2D eigenvalue weighted by Gasteiger charge is 2.10. The van der Waals surface area contributed by atoms with Crippen LogP contribution < -0.4 is 10.6 Å². The van der Waals surface area contributed by atoms with Gasteiger partial charge in [-0.25, -0.2) is 13.4 Å². The lowest BCUT2D eigenvalue weighted by Gasteiger charge is -2.12. The van der Waals surface area contributed by atoms with Crippen molar-refractivity contribution in [1.82, 2.24) is 10.6 Å². The van der Waals surface area contributed by atoms with Crippen molar-refractivity contribution in [3.05, 3.63) is 64.2 Å². The zero-order valence-corrected chi connectivity index (χ0v) is 18.6. The number of aliphatic imine (C=N–C) groups is 1. The topological polar surface area (TPSA) is 79.8 Å². The molecule has 0 saturated carbocycles. The number of rotatable bonds is 9. The SMILES string of the molecule is CCNC(=NCc1ccc(S(C)(=O)=O)c(C)c1)NCCOCc1ccc(Cl)cc1. The number of nitrogens with one attached hydrogen (secondary N) is 2. The normalized spacial score (nSPS) is 12.1. The summed E-state index contributed by atoms with van der Waals surface area (Å²) in [7, 11) is -3.21. The summed E-state index contributed by atoms with van der Waals surface area (Å²) >= 11 is 5.87. The number of aryl methyl sites for hydroxylation is 1. The van der Waals surface area contributed by atoms with Crippen molar-refractivity contribution < 1.29 is 13.2 Å². The lowest BCUT2D eigenvalue weighted by molar-refractivity contribution is 0.125. The molecule has 0 atom stereocenters. The molecule has 0 spiro atoms. The van der Waals surface area contributed by atoms with E-state index >= 15 is 0 Å². The molecule has 158 valence electrons. The lowest BCUT2D eigenvalue weighted by atomic mass is 10.1. The van der Waals surface area contributed by atoms with Crippen molar-refractivity contribution in [2.24, 2.45) is 4.99 Å². The molecule has 0 unspecified atom stereocenters. The zero-order chi connectivity index (χ0) is 21.3. The van der Waals surface area contributed by atoms with Crippen LogP contribution in [0.4, 0.5) is 0 Å². The molecule has 0 amide bonds. The Bertz CT molecular complexity index is 929. The van der Waals surface area contributed by atoms with Gasteiger partial charge in [0.25, 0.3) is 0 Å². The molecule has 0 aliphatic carbocycles. The Morgan fingerprint density at radius 3 is 2.41 bits per heavy atom. The minimum absolute atomic E-state index is 0.355. The maximum Gasteiger partial charge on any atom is 0.191 e. The molecule has 0 aliphatic heterocycles. The molecule has 0 saturated heterocycles. The second-order valence-corrected chi connectivity index (χ2v) is 9.09. The fourth-order valence-corrected chi connectivity index (χ4v) is 3.84. The van der Waals surface area contributed by atoms with E-state index in [2.05, 4.69) is 15.6 Å². The van der Waals surface area contributed by atoms with Crippen LogP contribution in [0.5, 0.6) is 0 Å². The van der Waals surface area contributed by atoms with Gasteiger partial charge in [-0.15, -0.1) is 0 Å². The first kappa shape index (κ1) is 23.2. The Morgan fingerprint density at radius 2 is 1.79 bits per heavy atom. The Labute approximate surface area is 178 Å². The molecule has 2 aromatic carbocycles. The third-order valence-electron chi connectivity index (χ3n) is 4.12. The van der Waals surface area contributed by atoms with Gasteiger partial charge in [-0.3, -0.25) is 0 Å². The van der Waals surface area contributed by atoms with Crippen LogP contribution in [0.2, 0.25) is 5.02 Å². The molecule has 8 heteroatoms. The number of hydrogen-bond donors (Lipinski definition) is 2. The van der Waals surface area contributed by atoms with Gasteiger partial charge in [0.05, 0.1) is 24.7 Å². The third kappa shape index (κ3) is 8.04. The molecule has 2 rings (SSSR count). The molecule has 0 bridgehead atoms. The van der Waals surface area contributed by atoms with Crippen molar-refractivity contribution in [3.63, 3.8) is 0 Å². The number of hydrogen-bond acceptors (Lipinski definition) is 4. The summed E-state index contributed by atoms with van der Waals surface area (Å²) in [6, 6.07) is 12.9. The maximum atomic E-state index is 11.7. The summed E-state index contributed by atoms with van der Waals surface area (Å²) in [5, 5.41) is 7.14. The number of benzene rings is 2. The van der Waals surface area contributed by atoms with Crippen LogP contribution in [0.25, 0.3) is 0 Å². The molecule has 2 aromatic rings. The van der Waals surface area contributed by atoms with Gasteiger partial charge in [-0.2, -0.15) is 0 Å². The zero-order valence-electron chi connectivity index (χ0n) is 17.0. The molecular formula is C21H28ClN3O3S. The van der Waals surface area contributed by atoms with E-state index in [1.54, 1.807) is 19.1 Å². The van der Waals surface area contributed by atoms with Gasteiger partial charge in [0, 0.05) is 24.4 Å². The van der Waals surface area contributed by atoms with Crippen molar-refractivity contribution in [3.8, 4) is 0 Å². The first-order valence-corrected chi connectivity index (χ1v) is 11.7. The molecular weight excluding hydrogens is 410 g/mol. The Morgan fingerprint density at radius 1 is 1.10 bits per heavy atom. The number of guanidine groups is 1. The monoisotopic (exact) mass is 437 g/mol. The van der Waals surface area contributed by atoms with E-state index < -0.39 is 9.84 Å². The summed E-state index contributed by atoms with van der Waals surface area (Å²) in [5.41, 5.74) is 2.75. The van der Waals surface area contributed by atoms with Crippen LogP contribution >= 0.6 is 11.6 Å². The average molecular weight is 438 g/mol. The minimum atomic E-state index is -3.21. The Hall–Kier alpha value is -2.09. The quantitative estimate of drug-likeness (QED) is 0.357. The van der Waals surface area contributed by atoms with Crippen molar-refractivity contribution in [1.29, 1.82) is 0 Å². The van der Waals surface area contributed by atoms with E-state index in [1.807, 2.05) is 37.3 Å². The van der Waals surface area contributed by atoms with Gasteiger partial charge in [0.2, 0.25) is 0 Å². The van der Waals surface area contributed by atoms with Gasteiger partial charge in [-0.1, -0.05) is 35.9 Å². The molecule has 0 aromatic heterocycles. The van der Waals surface area contributed by atoms with Gasteiger partial charge in [-0.05, 0) is 48.7 Å². The van der Waals surface area contributed by atoms with E-state index in [1.165, 1.54) is 6.26 Å². The van der Waals surface area contributed by atoms with Gasteiger partial charge >= 0.3 is 0 Å². The average Bonchev–Trinajstić information content (AvgIpc) is 2.66. The standard InChI is InChI=1S/C21H28ClN3O3S/c1-4-23-21(24-11-12-28-15-17-5-8-19(22)9-6-17)25-14-18-7-10-20(16(2)13-18)29(3,26)27/h5-10,13H,4,11-12,14-15H2,1-3H3,(H2,23,24,25). The molecule has 0 fully saturated rings. The van der Waals surface area contributed by atoms with E-state index in [0.717, 1.165) is 23.2 Å². The predicted octanol–water partition coefficient (Wildman–Crippen LogP) is 3.32. The van der Waals surface area contributed by atoms with Crippen LogP contribution in [0.15, 0.2) is 52.4 Å². The second-order valence-electron chi connectivity index (χ2n) is 6.67. The number of nitrogens with zero attached hydrogens (tertiary/aromatic N) is 1. The summed E-state index contributed by atoms with van der Waals surface area (Å²) in [6.45, 7) is 6.67. The van der Waals surface area contributed by atoms with E-state index in [-0.39, 0.29) is 0 Å². The van der Waals surface area contributed by atoms with Gasteiger partial charge in [0.15, 0.2) is 15.8 Å². The first-order valence-electron chi connectivity index (χ1n) is 9.43. The number of sulfone groups is 1. The highest BCUT2D eigenvalue weighted by Crippen LogP contribution is 2.17. The fraction of sp³-hybridized carbons (Fsp3) is 0.381. The molecule has 0 radical (unpaired) electrons. The number of halogens is 1. The number of ether oxygens (including phenoxy) is 1. The second kappa shape index (κ2) is 11.2. The van der Waals surface area contributed by atoms with Crippen LogP contribution in [0.1, 0.15) is 23.6 Å². The maximum absolute atomic E-state index is 11.7. The fourth-order valence-electron chi connectivity index (χ4n) is 2.75. The molecule has 0 heterocycles. The predicted molar refractivity (Wildman–Crippen MR) is 118 cm³/mol. The van der Waals surface area contributed by atoms with E-state index in [0.29, 0.717) is 42.2 Å². The highest BCUT2D eigenvalue weighted by molar-refractivity contribution is 7.90. The lowest BCUT2D eigenvalue weighted by Crippen LogP contribution is -2.38. The van der Waals surface area contributed by atoms with Crippen molar-refractivity contribution in [2.75, 3.05) is 26.0 Å². The largest absolute Gasteiger partial charge is 0.375 e. The third-order valence-corrected chi connectivity index (χ3v) is 5.63. The van der Waals surface area contributed by atoms with Crippen LogP contribution in [0, 0.1) is 6.92 Å². The summed E-state index contributed by atoms with van der Waals surface area (Å²) in [4.78, 5) is 4.91. The summed E-state index contributed by atoms with van der Waals surface area (Å²) in [6.07, 6.45) is 1.22. The van der Waals surface area contributed by atoms with Gasteiger partial charge in [0.1, 0.15) is 0 Å². The van der Waals surface area contributed by atoms with Crippen molar-refractivity contribution in [2.45, 2.75) is 31.9 Å². The minimum Gasteiger partial charge on any atom is -0.375 e. The molecule has 0 aliphatic rings. The first-order chi connectivity index (χ1) is 13.8. The molecule has 2 N–H and O–H groups in total. The van der Waals surface area contributed by atoms with Crippen LogP contribution in [-0.2, 0) is 27.7 Å². The van der Waals surface area contributed by atoms with Gasteiger partial charge < -0.3 is 15.4 Å². The molecule has 6 nitrogen and oxygen atoms in total.